The van der Waals surface area contributed by atoms with Crippen molar-refractivity contribution in [2.75, 3.05) is 32.7 Å². The second-order valence-electron chi connectivity index (χ2n) is 7.11. The molecule has 2 heterocycles. The molecule has 3 aromatic rings. The maximum absolute atomic E-state index is 12.5. The summed E-state index contributed by atoms with van der Waals surface area (Å²) in [6, 6.07) is 7.22. The smallest absolute Gasteiger partial charge is 0.326 e. The second kappa shape index (κ2) is 10.6. The maximum atomic E-state index is 12.5. The molecule has 0 bridgehead atoms. The number of nitrogens with zero attached hydrogens (tertiary/aromatic N) is 2. The summed E-state index contributed by atoms with van der Waals surface area (Å²) in [6.07, 6.45) is 3.68. The highest BCUT2D eigenvalue weighted by Crippen LogP contribution is 2.23. The van der Waals surface area contributed by atoms with E-state index in [2.05, 4.69) is 15.4 Å². The minimum absolute atomic E-state index is 0.268. The number of carbonyl (C=O) groups is 1. The monoisotopic (exact) mass is 442 g/mol. The van der Waals surface area contributed by atoms with Crippen molar-refractivity contribution in [2.45, 2.75) is 19.5 Å². The third kappa shape index (κ3) is 5.71. The van der Waals surface area contributed by atoms with Gasteiger partial charge >= 0.3 is 5.69 Å². The Morgan fingerprint density at radius 1 is 1.22 bits per heavy atom. The van der Waals surface area contributed by atoms with Crippen molar-refractivity contribution in [3.63, 3.8) is 0 Å². The molecule has 0 fully saturated rings. The van der Waals surface area contributed by atoms with E-state index in [1.165, 1.54) is 0 Å². The number of nitrogen functional groups attached to an aromatic ring is 1. The molecule has 0 saturated carbocycles. The fraction of sp³-hybridized carbons (Fsp3) is 0.333. The van der Waals surface area contributed by atoms with Crippen LogP contribution in [-0.4, -0.2) is 52.6 Å². The number of ether oxygens (including phenoxy) is 2. The minimum Gasteiger partial charge on any atom is -0.392 e. The molecule has 0 aliphatic heterocycles. The zero-order valence-corrected chi connectivity index (χ0v) is 17.9. The molecule has 11 nitrogen and oxygen atoms in total. The zero-order chi connectivity index (χ0) is 23.1. The Labute approximate surface area is 183 Å². The standard InChI is InChI=1S/C21H26N6O5/c1-13(24-20(29)18-17(22)19(28)26-21(30)25-18)14-4-3-5-15(10-14)16-11-23-27(12-16)6-7-32-9-8-31-2/h3-5,10-13H,6-9,22H2,1-2H3,(H,24,29)(H2,25,26,28,30)/t13-/m1/s1. The van der Waals surface area contributed by atoms with Gasteiger partial charge in [0.2, 0.25) is 0 Å². The number of hydrogen-bond acceptors (Lipinski definition) is 7. The van der Waals surface area contributed by atoms with E-state index in [1.807, 2.05) is 35.4 Å². The summed E-state index contributed by atoms with van der Waals surface area (Å²) in [5.74, 6) is -0.648. The number of amides is 1. The van der Waals surface area contributed by atoms with Gasteiger partial charge in [-0.3, -0.25) is 19.3 Å². The molecule has 0 spiro atoms. The number of methoxy groups -OCH3 is 1. The Kier molecular flexibility index (Phi) is 7.58. The molecule has 0 radical (unpaired) electrons. The van der Waals surface area contributed by atoms with Crippen LogP contribution in [0.15, 0.2) is 46.2 Å². The van der Waals surface area contributed by atoms with Crippen molar-refractivity contribution >= 4 is 11.6 Å². The van der Waals surface area contributed by atoms with Crippen LogP contribution in [0.2, 0.25) is 0 Å². The van der Waals surface area contributed by atoms with Gasteiger partial charge in [-0.25, -0.2) is 4.79 Å². The number of nitrogens with two attached hydrogens (primary N) is 1. The van der Waals surface area contributed by atoms with Gasteiger partial charge in [0.1, 0.15) is 11.4 Å². The molecule has 2 aromatic heterocycles. The average Bonchev–Trinajstić information content (AvgIpc) is 3.25. The fourth-order valence-electron chi connectivity index (χ4n) is 3.05. The molecular formula is C21H26N6O5. The molecule has 5 N–H and O–H groups in total. The second-order valence-corrected chi connectivity index (χ2v) is 7.11. The number of rotatable bonds is 10. The van der Waals surface area contributed by atoms with Gasteiger partial charge in [-0.2, -0.15) is 5.10 Å². The average molecular weight is 442 g/mol. The Morgan fingerprint density at radius 2 is 2.03 bits per heavy atom. The first-order chi connectivity index (χ1) is 15.4. The number of aromatic amines is 2. The zero-order valence-electron chi connectivity index (χ0n) is 17.9. The first-order valence-electron chi connectivity index (χ1n) is 10.0. The van der Waals surface area contributed by atoms with Crippen LogP contribution in [0.4, 0.5) is 5.69 Å². The molecule has 0 unspecified atom stereocenters. The van der Waals surface area contributed by atoms with E-state index in [-0.39, 0.29) is 11.4 Å². The molecule has 0 aliphatic carbocycles. The van der Waals surface area contributed by atoms with Crippen LogP contribution in [0.3, 0.4) is 0 Å². The largest absolute Gasteiger partial charge is 0.392 e. The van der Waals surface area contributed by atoms with Crippen LogP contribution >= 0.6 is 0 Å². The third-order valence-corrected chi connectivity index (χ3v) is 4.80. The van der Waals surface area contributed by atoms with Crippen LogP contribution in [0.1, 0.15) is 29.0 Å². The molecule has 1 aromatic carbocycles. The quantitative estimate of drug-likeness (QED) is 0.336. The van der Waals surface area contributed by atoms with Crippen LogP contribution in [0, 0.1) is 0 Å². The third-order valence-electron chi connectivity index (χ3n) is 4.80. The summed E-state index contributed by atoms with van der Waals surface area (Å²) < 4.78 is 12.2. The van der Waals surface area contributed by atoms with Gasteiger partial charge in [0.15, 0.2) is 0 Å². The molecule has 3 rings (SSSR count). The van der Waals surface area contributed by atoms with Crippen LogP contribution in [0.5, 0.6) is 0 Å². The summed E-state index contributed by atoms with van der Waals surface area (Å²) in [5, 5.41) is 7.10. The highest BCUT2D eigenvalue weighted by Gasteiger charge is 2.17. The maximum Gasteiger partial charge on any atom is 0.326 e. The summed E-state index contributed by atoms with van der Waals surface area (Å²) in [5.41, 5.74) is 6.09. The number of aromatic nitrogens is 4. The molecular weight excluding hydrogens is 416 g/mol. The van der Waals surface area contributed by atoms with Crippen LogP contribution in [0.25, 0.3) is 11.1 Å². The van der Waals surface area contributed by atoms with E-state index in [0.717, 1.165) is 16.7 Å². The summed E-state index contributed by atoms with van der Waals surface area (Å²) in [6.45, 7) is 4.02. The summed E-state index contributed by atoms with van der Waals surface area (Å²) >= 11 is 0. The summed E-state index contributed by atoms with van der Waals surface area (Å²) in [7, 11) is 1.63. The predicted molar refractivity (Wildman–Crippen MR) is 118 cm³/mol. The Hall–Kier alpha value is -3.70. The lowest BCUT2D eigenvalue weighted by Gasteiger charge is -2.15. The molecule has 1 atom stereocenters. The van der Waals surface area contributed by atoms with E-state index >= 15 is 0 Å². The van der Waals surface area contributed by atoms with Crippen LogP contribution < -0.4 is 22.3 Å². The number of H-pyrrole nitrogens is 2. The van der Waals surface area contributed by atoms with Crippen molar-refractivity contribution in [3.8, 4) is 11.1 Å². The van der Waals surface area contributed by atoms with Gasteiger partial charge in [0, 0.05) is 18.9 Å². The molecule has 0 aliphatic rings. The normalized spacial score (nSPS) is 11.9. The molecule has 11 heteroatoms. The van der Waals surface area contributed by atoms with E-state index in [0.29, 0.717) is 26.4 Å². The Morgan fingerprint density at radius 3 is 2.81 bits per heavy atom. The van der Waals surface area contributed by atoms with Crippen molar-refractivity contribution in [1.82, 2.24) is 25.1 Å². The minimum atomic E-state index is -0.811. The van der Waals surface area contributed by atoms with E-state index < -0.39 is 23.2 Å². The number of hydrogen-bond donors (Lipinski definition) is 4. The van der Waals surface area contributed by atoms with Gasteiger partial charge < -0.3 is 25.5 Å². The molecule has 32 heavy (non-hydrogen) atoms. The molecule has 1 amide bonds. The van der Waals surface area contributed by atoms with Crippen molar-refractivity contribution < 1.29 is 14.3 Å². The first kappa shape index (κ1) is 23.0. The fourth-order valence-corrected chi connectivity index (χ4v) is 3.05. The van der Waals surface area contributed by atoms with Crippen molar-refractivity contribution in [2.24, 2.45) is 0 Å². The highest BCUT2D eigenvalue weighted by atomic mass is 16.5. The van der Waals surface area contributed by atoms with E-state index in [9.17, 15) is 14.4 Å². The van der Waals surface area contributed by atoms with Gasteiger partial charge in [-0.05, 0) is 24.1 Å². The van der Waals surface area contributed by atoms with Gasteiger partial charge in [0.25, 0.3) is 11.5 Å². The Balaban J connectivity index is 1.68. The highest BCUT2D eigenvalue weighted by molar-refractivity contribution is 5.97. The lowest BCUT2D eigenvalue weighted by molar-refractivity contribution is 0.0654. The number of nitrogens with one attached hydrogen (secondary N) is 3. The lowest BCUT2D eigenvalue weighted by Crippen LogP contribution is -2.34. The molecule has 0 saturated heterocycles. The van der Waals surface area contributed by atoms with Crippen LogP contribution in [-0.2, 0) is 16.0 Å². The van der Waals surface area contributed by atoms with Crippen molar-refractivity contribution in [1.29, 1.82) is 0 Å². The SMILES string of the molecule is COCCOCCn1cc(-c2cccc([C@@H](C)NC(=O)c3[nH]c(=O)[nH]c(=O)c3N)c2)cn1. The Bertz CT molecular complexity index is 1180. The lowest BCUT2D eigenvalue weighted by atomic mass is 10.0. The van der Waals surface area contributed by atoms with E-state index in [4.69, 9.17) is 15.2 Å². The van der Waals surface area contributed by atoms with Gasteiger partial charge in [-0.1, -0.05) is 18.2 Å². The number of anilines is 1. The predicted octanol–water partition coefficient (Wildman–Crippen LogP) is 0.663. The summed E-state index contributed by atoms with van der Waals surface area (Å²) in [4.78, 5) is 39.9. The number of benzene rings is 1. The molecule has 170 valence electrons. The van der Waals surface area contributed by atoms with E-state index in [1.54, 1.807) is 24.9 Å². The van der Waals surface area contributed by atoms with Gasteiger partial charge in [0.05, 0.1) is 38.6 Å². The van der Waals surface area contributed by atoms with Gasteiger partial charge in [-0.15, -0.1) is 0 Å². The number of carbonyl (C=O) groups excluding carboxylic acids is 1. The first-order valence-corrected chi connectivity index (χ1v) is 10.0. The topological polar surface area (TPSA) is 157 Å². The van der Waals surface area contributed by atoms with Crippen molar-refractivity contribution in [3.05, 3.63) is 68.8 Å².